The van der Waals surface area contributed by atoms with Crippen molar-refractivity contribution in [2.24, 2.45) is 0 Å². The summed E-state index contributed by atoms with van der Waals surface area (Å²) in [6.07, 6.45) is 2.92. The first-order valence-electron chi connectivity index (χ1n) is 9.36. The topological polar surface area (TPSA) is 59.1 Å². The highest BCUT2D eigenvalue weighted by atomic mass is 16.5. The monoisotopic (exact) mass is 360 g/mol. The molecule has 2 aliphatic heterocycles. The molecule has 26 heavy (non-hydrogen) atoms. The fourth-order valence-corrected chi connectivity index (χ4v) is 3.67. The summed E-state index contributed by atoms with van der Waals surface area (Å²) in [6.45, 7) is 6.62. The number of carbonyl (C=O) groups is 2. The largest absolute Gasteiger partial charge is 0.496 e. The number of ether oxygens (including phenoxy) is 2. The second kappa shape index (κ2) is 8.64. The van der Waals surface area contributed by atoms with Gasteiger partial charge in [-0.25, -0.2) is 0 Å². The van der Waals surface area contributed by atoms with Gasteiger partial charge >= 0.3 is 0 Å². The van der Waals surface area contributed by atoms with E-state index in [9.17, 15) is 9.59 Å². The minimum atomic E-state index is -0.0101. The SMILES string of the molecule is COc1ccc(C(C)=O)cc1CC(=O)N1CCN(CC2CCCO2)CC1. The zero-order valence-corrected chi connectivity index (χ0v) is 15.7. The van der Waals surface area contributed by atoms with Crippen molar-refractivity contribution >= 4 is 11.7 Å². The minimum absolute atomic E-state index is 0.0101. The first-order chi connectivity index (χ1) is 12.6. The van der Waals surface area contributed by atoms with E-state index in [-0.39, 0.29) is 18.1 Å². The number of hydrogen-bond acceptors (Lipinski definition) is 5. The number of ketones is 1. The molecule has 1 atom stereocenters. The van der Waals surface area contributed by atoms with E-state index in [1.54, 1.807) is 25.3 Å². The van der Waals surface area contributed by atoms with Gasteiger partial charge in [-0.05, 0) is 38.0 Å². The molecule has 0 saturated carbocycles. The van der Waals surface area contributed by atoms with Crippen molar-refractivity contribution in [3.05, 3.63) is 29.3 Å². The summed E-state index contributed by atoms with van der Waals surface area (Å²) in [5.41, 5.74) is 1.38. The number of rotatable bonds is 6. The quantitative estimate of drug-likeness (QED) is 0.724. The second-order valence-corrected chi connectivity index (χ2v) is 7.08. The van der Waals surface area contributed by atoms with Crippen LogP contribution in [0.15, 0.2) is 18.2 Å². The van der Waals surface area contributed by atoms with Crippen LogP contribution in [-0.4, -0.2) is 74.0 Å². The Morgan fingerprint density at radius 3 is 2.62 bits per heavy atom. The van der Waals surface area contributed by atoms with Crippen LogP contribution < -0.4 is 4.74 Å². The Morgan fingerprint density at radius 2 is 2.00 bits per heavy atom. The Kier molecular flexibility index (Phi) is 6.27. The van der Waals surface area contributed by atoms with Gasteiger partial charge in [0.2, 0.25) is 5.91 Å². The maximum absolute atomic E-state index is 12.7. The molecule has 0 spiro atoms. The Morgan fingerprint density at radius 1 is 1.23 bits per heavy atom. The fourth-order valence-electron chi connectivity index (χ4n) is 3.67. The molecule has 0 radical (unpaired) electrons. The first-order valence-corrected chi connectivity index (χ1v) is 9.36. The molecule has 1 amide bonds. The molecule has 0 N–H and O–H groups in total. The Balaban J connectivity index is 1.55. The van der Waals surface area contributed by atoms with Gasteiger partial charge in [-0.2, -0.15) is 0 Å². The van der Waals surface area contributed by atoms with Crippen LogP contribution in [0.5, 0.6) is 5.75 Å². The number of amides is 1. The molecule has 6 heteroatoms. The van der Waals surface area contributed by atoms with E-state index in [1.165, 1.54) is 6.92 Å². The van der Waals surface area contributed by atoms with Gasteiger partial charge in [0.25, 0.3) is 0 Å². The third-order valence-corrected chi connectivity index (χ3v) is 5.24. The molecule has 1 aromatic rings. The van der Waals surface area contributed by atoms with Gasteiger partial charge in [-0.1, -0.05) is 0 Å². The lowest BCUT2D eigenvalue weighted by Crippen LogP contribution is -2.50. The summed E-state index contributed by atoms with van der Waals surface area (Å²) in [5, 5.41) is 0. The third kappa shape index (κ3) is 4.62. The standard InChI is InChI=1S/C20H28N2O4/c1-15(23)16-5-6-19(25-2)17(12-16)13-20(24)22-9-7-21(8-10-22)14-18-4-3-11-26-18/h5-6,12,18H,3-4,7-11,13-14H2,1-2H3. The van der Waals surface area contributed by atoms with E-state index in [4.69, 9.17) is 9.47 Å². The molecule has 142 valence electrons. The van der Waals surface area contributed by atoms with Crippen molar-refractivity contribution < 1.29 is 19.1 Å². The van der Waals surface area contributed by atoms with Crippen LogP contribution >= 0.6 is 0 Å². The van der Waals surface area contributed by atoms with Crippen LogP contribution in [0.1, 0.15) is 35.7 Å². The molecule has 0 aromatic heterocycles. The molecule has 6 nitrogen and oxygen atoms in total. The van der Waals surface area contributed by atoms with E-state index in [0.717, 1.165) is 57.7 Å². The minimum Gasteiger partial charge on any atom is -0.496 e. The average molecular weight is 360 g/mol. The van der Waals surface area contributed by atoms with E-state index in [1.807, 2.05) is 4.90 Å². The Bertz CT molecular complexity index is 647. The van der Waals surface area contributed by atoms with Crippen molar-refractivity contribution in [2.75, 3.05) is 46.4 Å². The highest BCUT2D eigenvalue weighted by Gasteiger charge is 2.25. The van der Waals surface area contributed by atoms with Crippen molar-refractivity contribution in [3.63, 3.8) is 0 Å². The zero-order chi connectivity index (χ0) is 18.5. The van der Waals surface area contributed by atoms with E-state index < -0.39 is 0 Å². The summed E-state index contributed by atoms with van der Waals surface area (Å²) in [6, 6.07) is 5.27. The molecule has 2 fully saturated rings. The summed E-state index contributed by atoms with van der Waals surface area (Å²) < 4.78 is 11.1. The zero-order valence-electron chi connectivity index (χ0n) is 15.7. The van der Waals surface area contributed by atoms with Crippen molar-refractivity contribution in [1.82, 2.24) is 9.80 Å². The van der Waals surface area contributed by atoms with Gasteiger partial charge in [0.05, 0.1) is 19.6 Å². The first kappa shape index (κ1) is 18.9. The summed E-state index contributed by atoms with van der Waals surface area (Å²) in [7, 11) is 1.58. The normalized spacial score (nSPS) is 21.0. The summed E-state index contributed by atoms with van der Waals surface area (Å²) in [5.74, 6) is 0.727. The number of hydrogen-bond donors (Lipinski definition) is 0. The van der Waals surface area contributed by atoms with Crippen molar-refractivity contribution in [3.8, 4) is 5.75 Å². The van der Waals surface area contributed by atoms with Crippen molar-refractivity contribution in [1.29, 1.82) is 0 Å². The summed E-state index contributed by atoms with van der Waals surface area (Å²) in [4.78, 5) is 28.6. The fraction of sp³-hybridized carbons (Fsp3) is 0.600. The smallest absolute Gasteiger partial charge is 0.227 e. The van der Waals surface area contributed by atoms with Gasteiger partial charge in [0.15, 0.2) is 5.78 Å². The lowest BCUT2D eigenvalue weighted by Gasteiger charge is -2.35. The van der Waals surface area contributed by atoms with Crippen LogP contribution in [0.3, 0.4) is 0 Å². The Labute approximate surface area is 155 Å². The van der Waals surface area contributed by atoms with Crippen LogP contribution in [-0.2, 0) is 16.0 Å². The van der Waals surface area contributed by atoms with Gasteiger partial charge in [-0.15, -0.1) is 0 Å². The average Bonchev–Trinajstić information content (AvgIpc) is 3.15. The molecule has 1 aromatic carbocycles. The molecule has 2 heterocycles. The van der Waals surface area contributed by atoms with Gasteiger partial charge in [-0.3, -0.25) is 14.5 Å². The predicted molar refractivity (Wildman–Crippen MR) is 98.7 cm³/mol. The number of Topliss-reactive ketones (excluding diaryl/α,β-unsaturated/α-hetero) is 1. The molecule has 2 aliphatic rings. The van der Waals surface area contributed by atoms with Crippen LogP contribution in [0.2, 0.25) is 0 Å². The number of benzene rings is 1. The maximum Gasteiger partial charge on any atom is 0.227 e. The predicted octanol–water partition coefficient (Wildman–Crippen LogP) is 1.76. The van der Waals surface area contributed by atoms with Gasteiger partial charge in [0.1, 0.15) is 5.75 Å². The lowest BCUT2D eigenvalue weighted by molar-refractivity contribution is -0.132. The molecule has 2 saturated heterocycles. The lowest BCUT2D eigenvalue weighted by atomic mass is 10.0. The Hall–Kier alpha value is -1.92. The van der Waals surface area contributed by atoms with Gasteiger partial charge in [0, 0.05) is 50.5 Å². The van der Waals surface area contributed by atoms with E-state index in [0.29, 0.717) is 17.4 Å². The van der Waals surface area contributed by atoms with Gasteiger partial charge < -0.3 is 14.4 Å². The van der Waals surface area contributed by atoms with Crippen LogP contribution in [0.25, 0.3) is 0 Å². The van der Waals surface area contributed by atoms with E-state index in [2.05, 4.69) is 4.90 Å². The molecule has 3 rings (SSSR count). The molecular formula is C20H28N2O4. The number of piperazine rings is 1. The maximum atomic E-state index is 12.7. The summed E-state index contributed by atoms with van der Waals surface area (Å²) >= 11 is 0. The number of methoxy groups -OCH3 is 1. The second-order valence-electron chi connectivity index (χ2n) is 7.08. The molecule has 0 bridgehead atoms. The molecule has 0 aliphatic carbocycles. The molecular weight excluding hydrogens is 332 g/mol. The van der Waals surface area contributed by atoms with E-state index >= 15 is 0 Å². The number of nitrogens with zero attached hydrogens (tertiary/aromatic N) is 2. The van der Waals surface area contributed by atoms with Crippen LogP contribution in [0.4, 0.5) is 0 Å². The van der Waals surface area contributed by atoms with Crippen LogP contribution in [0, 0.1) is 0 Å². The molecule has 1 unspecified atom stereocenters. The third-order valence-electron chi connectivity index (χ3n) is 5.24. The van der Waals surface area contributed by atoms with Crippen molar-refractivity contribution in [2.45, 2.75) is 32.3 Å². The highest BCUT2D eigenvalue weighted by molar-refractivity contribution is 5.94. The number of carbonyl (C=O) groups excluding carboxylic acids is 2. The highest BCUT2D eigenvalue weighted by Crippen LogP contribution is 2.22.